The SMILES string of the molecule is C=C(C)C1CC=C(C)C(=NNC(=O)COc2ccc3ccccc3c2)C1. The summed E-state index contributed by atoms with van der Waals surface area (Å²) < 4.78 is 5.59. The zero-order chi connectivity index (χ0) is 18.5. The third kappa shape index (κ3) is 4.39. The van der Waals surface area contributed by atoms with Crippen LogP contribution in [0.1, 0.15) is 26.7 Å². The van der Waals surface area contributed by atoms with Crippen molar-refractivity contribution in [3.05, 3.63) is 66.3 Å². The highest BCUT2D eigenvalue weighted by atomic mass is 16.5. The normalized spacial score (nSPS) is 18.5. The summed E-state index contributed by atoms with van der Waals surface area (Å²) >= 11 is 0. The first-order valence-corrected chi connectivity index (χ1v) is 8.82. The highest BCUT2D eigenvalue weighted by Gasteiger charge is 2.18. The number of ether oxygens (including phenoxy) is 1. The van der Waals surface area contributed by atoms with Gasteiger partial charge in [0.15, 0.2) is 6.61 Å². The van der Waals surface area contributed by atoms with Crippen LogP contribution in [-0.2, 0) is 4.79 Å². The first-order chi connectivity index (χ1) is 12.5. The molecule has 4 nitrogen and oxygen atoms in total. The number of benzene rings is 2. The summed E-state index contributed by atoms with van der Waals surface area (Å²) in [7, 11) is 0. The molecule has 0 aliphatic heterocycles. The second-order valence-electron chi connectivity index (χ2n) is 6.76. The lowest BCUT2D eigenvalue weighted by atomic mass is 9.85. The van der Waals surface area contributed by atoms with Crippen molar-refractivity contribution in [1.82, 2.24) is 5.43 Å². The van der Waals surface area contributed by atoms with Crippen LogP contribution in [0.5, 0.6) is 5.75 Å². The molecule has 0 bridgehead atoms. The van der Waals surface area contributed by atoms with Crippen molar-refractivity contribution in [3.63, 3.8) is 0 Å². The van der Waals surface area contributed by atoms with E-state index in [2.05, 4.69) is 23.2 Å². The lowest BCUT2D eigenvalue weighted by molar-refractivity contribution is -0.123. The number of carbonyl (C=O) groups is 1. The number of hydrogen-bond acceptors (Lipinski definition) is 3. The Bertz CT molecular complexity index is 896. The minimum Gasteiger partial charge on any atom is -0.484 e. The molecule has 0 saturated carbocycles. The van der Waals surface area contributed by atoms with E-state index in [4.69, 9.17) is 4.74 Å². The Balaban J connectivity index is 1.57. The maximum Gasteiger partial charge on any atom is 0.277 e. The van der Waals surface area contributed by atoms with Crippen molar-refractivity contribution in [2.24, 2.45) is 11.0 Å². The molecule has 1 amide bonds. The Kier molecular flexibility index (Phi) is 5.52. The molecule has 4 heteroatoms. The van der Waals surface area contributed by atoms with E-state index in [9.17, 15) is 4.79 Å². The summed E-state index contributed by atoms with van der Waals surface area (Å²) in [5, 5.41) is 6.51. The van der Waals surface area contributed by atoms with Crippen LogP contribution in [0, 0.1) is 5.92 Å². The molecule has 134 valence electrons. The van der Waals surface area contributed by atoms with E-state index in [1.807, 2.05) is 56.3 Å². The van der Waals surface area contributed by atoms with Gasteiger partial charge in [-0.05, 0) is 61.1 Å². The fourth-order valence-electron chi connectivity index (χ4n) is 2.99. The molecule has 0 fully saturated rings. The third-order valence-corrected chi connectivity index (χ3v) is 4.71. The third-order valence-electron chi connectivity index (χ3n) is 4.71. The van der Waals surface area contributed by atoms with Crippen LogP contribution in [0.3, 0.4) is 0 Å². The average Bonchev–Trinajstić information content (AvgIpc) is 2.65. The van der Waals surface area contributed by atoms with E-state index in [0.29, 0.717) is 11.7 Å². The van der Waals surface area contributed by atoms with Gasteiger partial charge in [0.2, 0.25) is 0 Å². The second-order valence-corrected chi connectivity index (χ2v) is 6.76. The van der Waals surface area contributed by atoms with Gasteiger partial charge in [0.25, 0.3) is 5.91 Å². The Morgan fingerprint density at radius 3 is 2.81 bits per heavy atom. The Morgan fingerprint density at radius 1 is 1.27 bits per heavy atom. The fourth-order valence-corrected chi connectivity index (χ4v) is 2.99. The topological polar surface area (TPSA) is 50.7 Å². The molecule has 1 unspecified atom stereocenters. The van der Waals surface area contributed by atoms with Crippen LogP contribution in [0.25, 0.3) is 10.8 Å². The Hall–Kier alpha value is -2.88. The van der Waals surface area contributed by atoms with Gasteiger partial charge in [-0.25, -0.2) is 5.43 Å². The summed E-state index contributed by atoms with van der Waals surface area (Å²) in [4.78, 5) is 12.1. The summed E-state index contributed by atoms with van der Waals surface area (Å²) in [6, 6.07) is 13.8. The molecule has 2 aromatic carbocycles. The van der Waals surface area contributed by atoms with Gasteiger partial charge >= 0.3 is 0 Å². The number of nitrogens with zero attached hydrogens (tertiary/aromatic N) is 1. The fraction of sp³-hybridized carbons (Fsp3) is 0.273. The number of rotatable bonds is 5. The van der Waals surface area contributed by atoms with Crippen LogP contribution in [0.2, 0.25) is 0 Å². The van der Waals surface area contributed by atoms with Gasteiger partial charge in [-0.3, -0.25) is 4.79 Å². The number of hydrogen-bond donors (Lipinski definition) is 1. The molecule has 26 heavy (non-hydrogen) atoms. The molecule has 0 spiro atoms. The van der Waals surface area contributed by atoms with Crippen molar-refractivity contribution in [3.8, 4) is 5.75 Å². The zero-order valence-electron chi connectivity index (χ0n) is 15.3. The van der Waals surface area contributed by atoms with Crippen molar-refractivity contribution in [2.75, 3.05) is 6.61 Å². The molecule has 1 atom stereocenters. The molecule has 1 aliphatic rings. The van der Waals surface area contributed by atoms with E-state index in [1.54, 1.807) is 0 Å². The van der Waals surface area contributed by atoms with Crippen LogP contribution >= 0.6 is 0 Å². The molecule has 0 radical (unpaired) electrons. The van der Waals surface area contributed by atoms with Gasteiger partial charge in [-0.2, -0.15) is 5.10 Å². The van der Waals surface area contributed by atoms with Gasteiger partial charge < -0.3 is 4.74 Å². The minimum atomic E-state index is -0.268. The standard InChI is InChI=1S/C22H24N2O2/c1-15(2)18-9-8-16(3)21(13-18)23-24-22(25)14-26-20-11-10-17-6-4-5-7-19(17)12-20/h4-8,10-12,18H,1,9,13-14H2,2-3H3,(H,24,25). The minimum absolute atomic E-state index is 0.0677. The van der Waals surface area contributed by atoms with Crippen molar-refractivity contribution >= 4 is 22.4 Å². The van der Waals surface area contributed by atoms with Crippen LogP contribution < -0.4 is 10.2 Å². The number of hydrazone groups is 1. The molecule has 0 saturated heterocycles. The molecule has 3 rings (SSSR count). The van der Waals surface area contributed by atoms with Gasteiger partial charge in [-0.15, -0.1) is 0 Å². The predicted molar refractivity (Wildman–Crippen MR) is 106 cm³/mol. The van der Waals surface area contributed by atoms with Crippen LogP contribution in [0.4, 0.5) is 0 Å². The number of allylic oxidation sites excluding steroid dienone is 3. The quantitative estimate of drug-likeness (QED) is 0.633. The summed E-state index contributed by atoms with van der Waals surface area (Å²) in [5.74, 6) is 0.793. The van der Waals surface area contributed by atoms with Crippen LogP contribution in [0.15, 0.2) is 71.4 Å². The maximum absolute atomic E-state index is 12.1. The Labute approximate surface area is 154 Å². The maximum atomic E-state index is 12.1. The zero-order valence-corrected chi connectivity index (χ0v) is 15.3. The number of carbonyl (C=O) groups excluding carboxylic acids is 1. The number of fused-ring (bicyclic) bond motifs is 1. The summed E-state index contributed by atoms with van der Waals surface area (Å²) in [5.41, 5.74) is 5.76. The van der Waals surface area contributed by atoms with Crippen LogP contribution in [-0.4, -0.2) is 18.2 Å². The first kappa shape index (κ1) is 17.9. The first-order valence-electron chi connectivity index (χ1n) is 8.82. The van der Waals surface area contributed by atoms with Gasteiger partial charge in [0.1, 0.15) is 5.75 Å². The van der Waals surface area contributed by atoms with E-state index >= 15 is 0 Å². The molecule has 0 aromatic heterocycles. The highest BCUT2D eigenvalue weighted by Crippen LogP contribution is 2.26. The van der Waals surface area contributed by atoms with E-state index in [-0.39, 0.29) is 12.5 Å². The Morgan fingerprint density at radius 2 is 2.04 bits per heavy atom. The highest BCUT2D eigenvalue weighted by molar-refractivity contribution is 6.01. The predicted octanol–water partition coefficient (Wildman–Crippen LogP) is 4.62. The largest absolute Gasteiger partial charge is 0.484 e. The average molecular weight is 348 g/mol. The molecule has 0 heterocycles. The van der Waals surface area contributed by atoms with Crippen molar-refractivity contribution in [2.45, 2.75) is 26.7 Å². The van der Waals surface area contributed by atoms with E-state index in [1.165, 1.54) is 0 Å². The number of amides is 1. The van der Waals surface area contributed by atoms with Gasteiger partial charge in [-0.1, -0.05) is 48.6 Å². The molecular formula is C22H24N2O2. The second kappa shape index (κ2) is 8.00. The van der Waals surface area contributed by atoms with E-state index < -0.39 is 0 Å². The number of nitrogens with one attached hydrogen (secondary N) is 1. The van der Waals surface area contributed by atoms with Crippen molar-refractivity contribution < 1.29 is 9.53 Å². The van der Waals surface area contributed by atoms with Crippen molar-refractivity contribution in [1.29, 1.82) is 0 Å². The smallest absolute Gasteiger partial charge is 0.277 e. The molecule has 2 aromatic rings. The van der Waals surface area contributed by atoms with Gasteiger partial charge in [0.05, 0.1) is 5.71 Å². The summed E-state index contributed by atoms with van der Waals surface area (Å²) in [6.45, 7) is 8.01. The molecule has 1 aliphatic carbocycles. The molecule has 1 N–H and O–H groups in total. The van der Waals surface area contributed by atoms with Gasteiger partial charge in [0, 0.05) is 0 Å². The lowest BCUT2D eigenvalue weighted by Crippen LogP contribution is -2.27. The lowest BCUT2D eigenvalue weighted by Gasteiger charge is -2.22. The monoisotopic (exact) mass is 348 g/mol. The summed E-state index contributed by atoms with van der Waals surface area (Å²) in [6.07, 6.45) is 3.95. The van der Waals surface area contributed by atoms with E-state index in [0.717, 1.165) is 40.5 Å². The molecular weight excluding hydrogens is 324 g/mol.